The molecule has 10 heteroatoms. The third kappa shape index (κ3) is 13.4. The fraction of sp³-hybridized carbons (Fsp3) is 0.500. The number of ether oxygens (including phenoxy) is 1. The largest absolute Gasteiger partial charge is 0.446 e. The van der Waals surface area contributed by atoms with E-state index in [1.54, 1.807) is 22.9 Å². The number of benzene rings is 2. The van der Waals surface area contributed by atoms with Crippen LogP contribution >= 0.6 is 11.6 Å². The van der Waals surface area contributed by atoms with E-state index >= 15 is 0 Å². The van der Waals surface area contributed by atoms with Crippen molar-refractivity contribution in [2.24, 2.45) is 0 Å². The second kappa shape index (κ2) is 22.7. The van der Waals surface area contributed by atoms with Crippen LogP contribution in [0.25, 0.3) is 0 Å². The normalized spacial score (nSPS) is 16.6. The average molecular weight is 707 g/mol. The molecule has 2 aromatic carbocycles. The zero-order chi connectivity index (χ0) is 37.1. The molecule has 1 heterocycles. The van der Waals surface area contributed by atoms with Crippen molar-refractivity contribution in [2.45, 2.75) is 111 Å². The zero-order valence-electron chi connectivity index (χ0n) is 31.0. The number of aryl methyl sites for hydroxylation is 1. The number of anilines is 1. The summed E-state index contributed by atoms with van der Waals surface area (Å²) in [5.41, 5.74) is 4.95. The summed E-state index contributed by atoms with van der Waals surface area (Å²) in [6.45, 7) is 17.6. The number of halogens is 1. The summed E-state index contributed by atoms with van der Waals surface area (Å²) in [4.78, 5) is 33.1. The summed E-state index contributed by atoms with van der Waals surface area (Å²) in [5.74, 6) is -0.191. The molecule has 1 saturated heterocycles. The SMILES string of the molecule is C=CN(C=N)Cc1cccc(NC(=O)[C@H]2CN(C(=O)OC3CCCCC3)CCN2[C@@H](C=C(C)C)c2ccc(Cl)cc2CC)c1.CC=N.CCC. The fourth-order valence-electron chi connectivity index (χ4n) is 6.12. The highest BCUT2D eigenvalue weighted by Gasteiger charge is 2.39. The molecule has 2 fully saturated rings. The number of piperazine rings is 1. The molecule has 9 nitrogen and oxygen atoms in total. The Morgan fingerprint density at radius 3 is 2.36 bits per heavy atom. The summed E-state index contributed by atoms with van der Waals surface area (Å²) in [6.07, 6.45) is 13.0. The number of nitrogens with one attached hydrogen (secondary N) is 3. The number of amides is 2. The van der Waals surface area contributed by atoms with Gasteiger partial charge in [0, 0.05) is 36.9 Å². The number of nitrogens with zero attached hydrogens (tertiary/aromatic N) is 3. The first kappa shape index (κ1) is 42.2. The van der Waals surface area contributed by atoms with Crippen LogP contribution in [-0.4, -0.2) is 71.0 Å². The molecule has 2 atom stereocenters. The van der Waals surface area contributed by atoms with Gasteiger partial charge in [-0.3, -0.25) is 15.1 Å². The molecular formula is C40H59ClN6O3. The van der Waals surface area contributed by atoms with Crippen LogP contribution < -0.4 is 5.32 Å². The van der Waals surface area contributed by atoms with E-state index in [0.717, 1.165) is 54.4 Å². The van der Waals surface area contributed by atoms with Crippen LogP contribution in [0.5, 0.6) is 0 Å². The second-order valence-electron chi connectivity index (χ2n) is 12.9. The van der Waals surface area contributed by atoms with E-state index in [1.807, 2.05) is 36.4 Å². The molecule has 0 bridgehead atoms. The van der Waals surface area contributed by atoms with Crippen molar-refractivity contribution >= 4 is 41.8 Å². The number of rotatable bonds is 11. The van der Waals surface area contributed by atoms with Crippen LogP contribution in [-0.2, 0) is 22.5 Å². The van der Waals surface area contributed by atoms with Gasteiger partial charge in [0.2, 0.25) is 5.91 Å². The third-order valence-corrected chi connectivity index (χ3v) is 8.65. The Labute approximate surface area is 305 Å². The van der Waals surface area contributed by atoms with Gasteiger partial charge in [-0.05, 0) is 106 Å². The highest BCUT2D eigenvalue weighted by molar-refractivity contribution is 6.30. The predicted octanol–water partition coefficient (Wildman–Crippen LogP) is 9.63. The highest BCUT2D eigenvalue weighted by atomic mass is 35.5. The van der Waals surface area contributed by atoms with Crippen molar-refractivity contribution in [3.8, 4) is 0 Å². The molecule has 3 N–H and O–H groups in total. The Morgan fingerprint density at radius 2 is 1.76 bits per heavy atom. The summed E-state index contributed by atoms with van der Waals surface area (Å²) < 4.78 is 5.92. The minimum absolute atomic E-state index is 0.0556. The smallest absolute Gasteiger partial charge is 0.410 e. The second-order valence-corrected chi connectivity index (χ2v) is 13.3. The van der Waals surface area contributed by atoms with Crippen molar-refractivity contribution in [1.29, 1.82) is 10.8 Å². The Hall–Kier alpha value is -3.95. The molecule has 0 spiro atoms. The van der Waals surface area contributed by atoms with Gasteiger partial charge in [0.15, 0.2) is 0 Å². The third-order valence-electron chi connectivity index (χ3n) is 8.42. The Kier molecular flexibility index (Phi) is 19.2. The maximum absolute atomic E-state index is 14.2. The van der Waals surface area contributed by atoms with Gasteiger partial charge in [0.25, 0.3) is 0 Å². The molecular weight excluding hydrogens is 648 g/mol. The standard InChI is InChI=1S/C35H46ClN5O3.C3H8.C2H5N/c1-5-27-21-28(36)15-16-31(27)32(19-25(3)4)41-18-17-40(35(43)44-30-13-8-7-9-14-30)23-33(41)34(42)38-29-12-10-11-26(20-29)22-39(6-2)24-37;1-3-2;1-2-3/h6,10-12,15-16,19-21,24,30,32-33,37H,2,5,7-9,13-14,17-18,22-23H2,1,3-4H3,(H,38,42);3H2,1-2H3;2-3H,1H3/t32-,33+;;/m0../s1. The first-order valence-corrected chi connectivity index (χ1v) is 18.3. The molecule has 0 aromatic heterocycles. The maximum Gasteiger partial charge on any atom is 0.410 e. The Bertz CT molecular complexity index is 1410. The summed E-state index contributed by atoms with van der Waals surface area (Å²) in [7, 11) is 0. The summed E-state index contributed by atoms with van der Waals surface area (Å²) in [5, 5.41) is 17.5. The number of hydrogen-bond donors (Lipinski definition) is 3. The molecule has 1 aliphatic carbocycles. The molecule has 4 rings (SSSR count). The minimum atomic E-state index is -0.626. The lowest BCUT2D eigenvalue weighted by Gasteiger charge is -2.44. The number of carbonyl (C=O) groups excluding carboxylic acids is 2. The molecule has 0 radical (unpaired) electrons. The topological polar surface area (TPSA) is 113 Å². The van der Waals surface area contributed by atoms with E-state index in [1.165, 1.54) is 25.4 Å². The first-order chi connectivity index (χ1) is 24.0. The maximum atomic E-state index is 14.2. The van der Waals surface area contributed by atoms with E-state index in [4.69, 9.17) is 27.2 Å². The molecule has 2 amide bonds. The van der Waals surface area contributed by atoms with E-state index < -0.39 is 6.04 Å². The predicted molar refractivity (Wildman–Crippen MR) is 208 cm³/mol. The van der Waals surface area contributed by atoms with Gasteiger partial charge in [0.1, 0.15) is 12.1 Å². The fourth-order valence-corrected chi connectivity index (χ4v) is 6.32. The first-order valence-electron chi connectivity index (χ1n) is 17.9. The van der Waals surface area contributed by atoms with Crippen LogP contribution in [0.15, 0.2) is 66.9 Å². The molecule has 2 aliphatic rings. The average Bonchev–Trinajstić information content (AvgIpc) is 3.10. The van der Waals surface area contributed by atoms with Gasteiger partial charge in [-0.25, -0.2) is 4.79 Å². The lowest BCUT2D eigenvalue weighted by atomic mass is 9.93. The van der Waals surface area contributed by atoms with E-state index in [-0.39, 0.29) is 30.7 Å². The number of allylic oxidation sites excluding steroid dienone is 1. The molecule has 0 unspecified atom stereocenters. The molecule has 50 heavy (non-hydrogen) atoms. The van der Waals surface area contributed by atoms with E-state index in [0.29, 0.717) is 30.3 Å². The van der Waals surface area contributed by atoms with Crippen molar-refractivity contribution < 1.29 is 14.3 Å². The van der Waals surface area contributed by atoms with E-state index in [2.05, 4.69) is 63.6 Å². The van der Waals surface area contributed by atoms with Crippen LogP contribution in [0.2, 0.25) is 5.02 Å². The van der Waals surface area contributed by atoms with Gasteiger partial charge < -0.3 is 25.3 Å². The molecule has 2 aromatic rings. The quantitative estimate of drug-likeness (QED) is 0.122. The van der Waals surface area contributed by atoms with E-state index in [9.17, 15) is 9.59 Å². The Balaban J connectivity index is 0.00000135. The van der Waals surface area contributed by atoms with Crippen LogP contribution in [0.3, 0.4) is 0 Å². The number of hydrogen-bond acceptors (Lipinski definition) is 6. The van der Waals surface area contributed by atoms with Gasteiger partial charge in [-0.1, -0.05) is 81.6 Å². The summed E-state index contributed by atoms with van der Waals surface area (Å²) in [6, 6.07) is 12.7. The number of carbonyl (C=O) groups is 2. The van der Waals surface area contributed by atoms with Crippen LogP contribution in [0.1, 0.15) is 103 Å². The van der Waals surface area contributed by atoms with Crippen molar-refractivity contribution in [3.05, 3.63) is 88.6 Å². The van der Waals surface area contributed by atoms with Crippen molar-refractivity contribution in [3.63, 3.8) is 0 Å². The molecule has 274 valence electrons. The lowest BCUT2D eigenvalue weighted by molar-refractivity contribution is -0.124. The van der Waals surface area contributed by atoms with Crippen molar-refractivity contribution in [2.75, 3.05) is 25.0 Å². The molecule has 1 aliphatic heterocycles. The molecule has 1 saturated carbocycles. The van der Waals surface area contributed by atoms with Gasteiger partial charge >= 0.3 is 6.09 Å². The van der Waals surface area contributed by atoms with Crippen LogP contribution in [0, 0.1) is 10.8 Å². The van der Waals surface area contributed by atoms with Gasteiger partial charge in [0.05, 0.1) is 12.4 Å². The van der Waals surface area contributed by atoms with Crippen molar-refractivity contribution in [1.82, 2.24) is 14.7 Å². The Morgan fingerprint density at radius 1 is 1.08 bits per heavy atom. The van der Waals surface area contributed by atoms with Crippen LogP contribution in [0.4, 0.5) is 10.5 Å². The minimum Gasteiger partial charge on any atom is -0.446 e. The summed E-state index contributed by atoms with van der Waals surface area (Å²) >= 11 is 6.39. The highest BCUT2D eigenvalue weighted by Crippen LogP contribution is 2.33. The zero-order valence-corrected chi connectivity index (χ0v) is 31.8. The van der Waals surface area contributed by atoms with Gasteiger partial charge in [-0.2, -0.15) is 0 Å². The lowest BCUT2D eigenvalue weighted by Crippen LogP contribution is -2.59. The monoisotopic (exact) mass is 706 g/mol. The van der Waals surface area contributed by atoms with Gasteiger partial charge in [-0.15, -0.1) is 0 Å².